The summed E-state index contributed by atoms with van der Waals surface area (Å²) in [6.45, 7) is 7.82. The van der Waals surface area contributed by atoms with Gasteiger partial charge in [0.15, 0.2) is 5.69 Å². The number of esters is 2. The summed E-state index contributed by atoms with van der Waals surface area (Å²) in [5, 5.41) is 15.4. The standard InChI is InChI=1S/C36H40N6O9/c1-6-21-15-26(32(44)41-23-11-9-22(10-12-23)31(37)38)25(16-28(21)48-5)24-13-14-27(33(45)39-17-20-7-8-20)42-30(24)34(46)50-19-49-29(43)18-40-35(47)51-36(2,3)4/h6,9-16,20H,1,7-8,17-19H2,2-5H3,(H3,37,38)(H,39,45)(H,40,47)(H,41,44). The quantitative estimate of drug-likeness (QED) is 0.0692. The van der Waals surface area contributed by atoms with Crippen molar-refractivity contribution in [2.75, 3.05) is 32.3 Å². The summed E-state index contributed by atoms with van der Waals surface area (Å²) in [5.74, 6) is -2.53. The van der Waals surface area contributed by atoms with Crippen LogP contribution in [0.3, 0.4) is 0 Å². The van der Waals surface area contributed by atoms with Crippen LogP contribution in [0.2, 0.25) is 0 Å². The number of amidine groups is 1. The highest BCUT2D eigenvalue weighted by atomic mass is 16.7. The maximum atomic E-state index is 13.8. The van der Waals surface area contributed by atoms with Crippen LogP contribution in [-0.4, -0.2) is 73.3 Å². The van der Waals surface area contributed by atoms with Crippen LogP contribution in [0.25, 0.3) is 17.2 Å². The predicted molar refractivity (Wildman–Crippen MR) is 187 cm³/mol. The number of hydrogen-bond donors (Lipinski definition) is 5. The fourth-order valence-electron chi connectivity index (χ4n) is 4.61. The maximum Gasteiger partial charge on any atom is 0.408 e. The summed E-state index contributed by atoms with van der Waals surface area (Å²) in [4.78, 5) is 68.7. The predicted octanol–water partition coefficient (Wildman–Crippen LogP) is 4.26. The Labute approximate surface area is 294 Å². The average molecular weight is 701 g/mol. The zero-order valence-electron chi connectivity index (χ0n) is 28.7. The number of nitrogens with zero attached hydrogens (tertiary/aromatic N) is 1. The number of nitrogen functional groups attached to an aromatic ring is 1. The first kappa shape index (κ1) is 37.6. The third-order valence-electron chi connectivity index (χ3n) is 7.33. The van der Waals surface area contributed by atoms with E-state index in [2.05, 4.69) is 27.5 Å². The molecule has 3 amide bonds. The Morgan fingerprint density at radius 3 is 2.29 bits per heavy atom. The van der Waals surface area contributed by atoms with E-state index in [-0.39, 0.29) is 33.9 Å². The molecule has 1 fully saturated rings. The Morgan fingerprint density at radius 1 is 0.980 bits per heavy atom. The molecule has 1 aliphatic rings. The summed E-state index contributed by atoms with van der Waals surface area (Å²) < 4.78 is 20.8. The van der Waals surface area contributed by atoms with Crippen LogP contribution in [0, 0.1) is 11.3 Å². The lowest BCUT2D eigenvalue weighted by molar-refractivity contribution is -0.151. The van der Waals surface area contributed by atoms with E-state index in [1.807, 2.05) is 0 Å². The molecular formula is C36H40N6O9. The summed E-state index contributed by atoms with van der Waals surface area (Å²) in [7, 11) is 1.43. The SMILES string of the molecule is C=Cc1cc(C(=O)Nc2ccc(C(=N)N)cc2)c(-c2ccc(C(=O)NCC3CC3)nc2C(=O)OCOC(=O)CNC(=O)OC(C)(C)C)cc1OC. The van der Waals surface area contributed by atoms with Gasteiger partial charge in [-0.2, -0.15) is 0 Å². The lowest BCUT2D eigenvalue weighted by Gasteiger charge is -2.19. The molecular weight excluding hydrogens is 660 g/mol. The molecule has 268 valence electrons. The van der Waals surface area contributed by atoms with E-state index in [4.69, 9.17) is 30.1 Å². The first-order valence-corrected chi connectivity index (χ1v) is 15.9. The van der Waals surface area contributed by atoms with Crippen LogP contribution in [0.1, 0.15) is 76.1 Å². The fourth-order valence-corrected chi connectivity index (χ4v) is 4.61. The van der Waals surface area contributed by atoms with Gasteiger partial charge in [-0.25, -0.2) is 14.6 Å². The summed E-state index contributed by atoms with van der Waals surface area (Å²) in [5.41, 5.74) is 6.04. The van der Waals surface area contributed by atoms with Crippen molar-refractivity contribution in [1.29, 1.82) is 5.41 Å². The van der Waals surface area contributed by atoms with Crippen LogP contribution in [0.15, 0.2) is 55.1 Å². The van der Waals surface area contributed by atoms with Gasteiger partial charge in [-0.05, 0) is 88.1 Å². The second-order valence-corrected chi connectivity index (χ2v) is 12.5. The number of rotatable bonds is 14. The number of alkyl carbamates (subject to hydrolysis) is 1. The van der Waals surface area contributed by atoms with Crippen molar-refractivity contribution in [1.82, 2.24) is 15.6 Å². The number of nitrogens with one attached hydrogen (secondary N) is 4. The summed E-state index contributed by atoms with van der Waals surface area (Å²) in [6, 6.07) is 12.2. The van der Waals surface area contributed by atoms with Gasteiger partial charge >= 0.3 is 18.0 Å². The average Bonchev–Trinajstić information content (AvgIpc) is 3.93. The lowest BCUT2D eigenvalue weighted by atomic mass is 9.94. The smallest absolute Gasteiger partial charge is 0.408 e. The van der Waals surface area contributed by atoms with E-state index in [0.29, 0.717) is 35.0 Å². The third kappa shape index (κ3) is 10.6. The van der Waals surface area contributed by atoms with Gasteiger partial charge in [0.05, 0.1) is 7.11 Å². The van der Waals surface area contributed by atoms with E-state index in [1.165, 1.54) is 37.5 Å². The monoisotopic (exact) mass is 700 g/mol. The lowest BCUT2D eigenvalue weighted by Crippen LogP contribution is -2.36. The number of methoxy groups -OCH3 is 1. The van der Waals surface area contributed by atoms with Gasteiger partial charge in [-0.3, -0.25) is 19.8 Å². The molecule has 1 saturated carbocycles. The molecule has 6 N–H and O–H groups in total. The van der Waals surface area contributed by atoms with Crippen molar-refractivity contribution in [2.45, 2.75) is 39.2 Å². The number of ether oxygens (including phenoxy) is 4. The van der Waals surface area contributed by atoms with Crippen molar-refractivity contribution in [3.05, 3.63) is 83.2 Å². The molecule has 0 unspecified atom stereocenters. The highest BCUT2D eigenvalue weighted by Crippen LogP contribution is 2.35. The van der Waals surface area contributed by atoms with E-state index in [1.54, 1.807) is 45.0 Å². The minimum Gasteiger partial charge on any atom is -0.496 e. The first-order valence-electron chi connectivity index (χ1n) is 15.9. The Bertz CT molecular complexity index is 1850. The second-order valence-electron chi connectivity index (χ2n) is 12.5. The molecule has 15 heteroatoms. The zero-order valence-corrected chi connectivity index (χ0v) is 28.7. The van der Waals surface area contributed by atoms with E-state index < -0.39 is 48.8 Å². The van der Waals surface area contributed by atoms with Gasteiger partial charge in [0.2, 0.25) is 6.79 Å². The number of pyridine rings is 1. The molecule has 1 heterocycles. The Kier molecular flexibility index (Phi) is 12.1. The van der Waals surface area contributed by atoms with E-state index >= 15 is 0 Å². The number of carbonyl (C=O) groups excluding carboxylic acids is 5. The number of benzene rings is 2. The molecule has 0 radical (unpaired) electrons. The van der Waals surface area contributed by atoms with E-state index in [9.17, 15) is 24.0 Å². The van der Waals surface area contributed by atoms with Crippen LogP contribution >= 0.6 is 0 Å². The molecule has 0 atom stereocenters. The second kappa shape index (κ2) is 16.4. The highest BCUT2D eigenvalue weighted by molar-refractivity contribution is 6.11. The van der Waals surface area contributed by atoms with Gasteiger partial charge < -0.3 is 40.6 Å². The minimum absolute atomic E-state index is 0.0859. The Balaban J connectivity index is 1.65. The molecule has 0 saturated heterocycles. The van der Waals surface area contributed by atoms with Gasteiger partial charge in [-0.15, -0.1) is 0 Å². The molecule has 1 aromatic heterocycles. The van der Waals surface area contributed by atoms with Crippen molar-refractivity contribution in [3.63, 3.8) is 0 Å². The van der Waals surface area contributed by atoms with Crippen LogP contribution in [0.4, 0.5) is 10.5 Å². The molecule has 15 nitrogen and oxygen atoms in total. The van der Waals surface area contributed by atoms with Crippen molar-refractivity contribution in [3.8, 4) is 16.9 Å². The molecule has 0 spiro atoms. The van der Waals surface area contributed by atoms with Crippen LogP contribution in [-0.2, 0) is 19.0 Å². The molecule has 2 aromatic carbocycles. The molecule has 4 rings (SSSR count). The summed E-state index contributed by atoms with van der Waals surface area (Å²) >= 11 is 0. The molecule has 1 aliphatic carbocycles. The normalized spacial score (nSPS) is 12.2. The van der Waals surface area contributed by atoms with E-state index in [0.717, 1.165) is 12.8 Å². The fraction of sp³-hybridized carbons (Fsp3) is 0.306. The van der Waals surface area contributed by atoms with Gasteiger partial charge in [0.25, 0.3) is 11.8 Å². The van der Waals surface area contributed by atoms with Crippen LogP contribution in [0.5, 0.6) is 5.75 Å². The number of amides is 3. The van der Waals surface area contributed by atoms with Crippen molar-refractivity contribution < 1.29 is 42.9 Å². The minimum atomic E-state index is -1.08. The summed E-state index contributed by atoms with van der Waals surface area (Å²) in [6.07, 6.45) is 2.66. The highest BCUT2D eigenvalue weighted by Gasteiger charge is 2.27. The first-order chi connectivity index (χ1) is 24.2. The van der Waals surface area contributed by atoms with Gasteiger partial charge in [0, 0.05) is 40.0 Å². The van der Waals surface area contributed by atoms with Gasteiger partial charge in [0.1, 0.15) is 29.4 Å². The largest absolute Gasteiger partial charge is 0.496 e. The molecule has 3 aromatic rings. The Morgan fingerprint density at radius 2 is 1.69 bits per heavy atom. The Hall–Kier alpha value is -6.25. The molecule has 0 aliphatic heterocycles. The molecule has 0 bridgehead atoms. The number of anilines is 1. The number of carbonyl (C=O) groups is 5. The zero-order chi connectivity index (χ0) is 37.3. The third-order valence-corrected chi connectivity index (χ3v) is 7.33. The van der Waals surface area contributed by atoms with Crippen LogP contribution < -0.4 is 26.4 Å². The van der Waals surface area contributed by atoms with Crippen molar-refractivity contribution >= 4 is 47.4 Å². The number of aromatic nitrogens is 1. The maximum absolute atomic E-state index is 13.8. The topological polar surface area (TPSA) is 221 Å². The van der Waals surface area contributed by atoms with Gasteiger partial charge in [-0.1, -0.05) is 12.7 Å². The van der Waals surface area contributed by atoms with Crippen molar-refractivity contribution in [2.24, 2.45) is 11.7 Å². The number of nitrogens with two attached hydrogens (primary N) is 1. The molecule has 51 heavy (non-hydrogen) atoms. The number of hydrogen-bond acceptors (Lipinski definition) is 11.